The van der Waals surface area contributed by atoms with Crippen molar-refractivity contribution in [3.05, 3.63) is 29.3 Å². The summed E-state index contributed by atoms with van der Waals surface area (Å²) < 4.78 is 5.30. The molecule has 2 rings (SSSR count). The van der Waals surface area contributed by atoms with Gasteiger partial charge in [-0.05, 0) is 24.6 Å². The van der Waals surface area contributed by atoms with Crippen LogP contribution in [0.1, 0.15) is 15.9 Å². The minimum absolute atomic E-state index is 0.101. The van der Waals surface area contributed by atoms with E-state index in [0.717, 1.165) is 5.56 Å². The fraction of sp³-hybridized carbons (Fsp3) is 0.462. The minimum atomic E-state index is -0.112. The maximum Gasteiger partial charge on any atom is 0.254 e. The summed E-state index contributed by atoms with van der Waals surface area (Å²) in [5.41, 5.74) is 1.23. The molecule has 0 radical (unpaired) electrons. The first-order valence-corrected chi connectivity index (χ1v) is 6.41. The number of phenols is 1. The van der Waals surface area contributed by atoms with Crippen molar-refractivity contribution in [2.75, 3.05) is 25.6 Å². The third-order valence-corrected chi connectivity index (χ3v) is 3.48. The number of rotatable bonds is 2. The maximum absolute atomic E-state index is 12.3. The third kappa shape index (κ3) is 2.60. The average Bonchev–Trinajstić information content (AvgIpc) is 2.41. The summed E-state index contributed by atoms with van der Waals surface area (Å²) in [5, 5.41) is 9.65. The maximum atomic E-state index is 12.3. The molecule has 98 valence electrons. The lowest BCUT2D eigenvalue weighted by atomic mass is 10.1. The Kier molecular flexibility index (Phi) is 4.09. The number of amides is 1. The second kappa shape index (κ2) is 5.59. The highest BCUT2D eigenvalue weighted by molar-refractivity contribution is 6.18. The van der Waals surface area contributed by atoms with Crippen molar-refractivity contribution in [2.45, 2.75) is 13.0 Å². The molecule has 1 fully saturated rings. The number of aryl methyl sites for hydroxylation is 1. The number of halogens is 1. The summed E-state index contributed by atoms with van der Waals surface area (Å²) in [5.74, 6) is 0.375. The smallest absolute Gasteiger partial charge is 0.254 e. The molecule has 4 nitrogen and oxygen atoms in total. The Morgan fingerprint density at radius 2 is 2.39 bits per heavy atom. The number of hydrogen-bond donors (Lipinski definition) is 1. The van der Waals surface area contributed by atoms with Crippen LogP contribution in [0.3, 0.4) is 0 Å². The number of phenolic OH excluding ortho intramolecular Hbond substituents is 1. The average molecular weight is 270 g/mol. The van der Waals surface area contributed by atoms with Gasteiger partial charge in [0.05, 0.1) is 19.3 Å². The van der Waals surface area contributed by atoms with E-state index >= 15 is 0 Å². The predicted molar refractivity (Wildman–Crippen MR) is 69.2 cm³/mol. The van der Waals surface area contributed by atoms with Gasteiger partial charge in [-0.1, -0.05) is 6.07 Å². The lowest BCUT2D eigenvalue weighted by Crippen LogP contribution is -2.49. The topological polar surface area (TPSA) is 49.8 Å². The molecule has 1 atom stereocenters. The van der Waals surface area contributed by atoms with E-state index < -0.39 is 0 Å². The number of alkyl halides is 1. The van der Waals surface area contributed by atoms with Gasteiger partial charge in [-0.15, -0.1) is 11.6 Å². The fourth-order valence-corrected chi connectivity index (χ4v) is 2.21. The number of morpholine rings is 1. The number of aromatic hydroxyl groups is 1. The zero-order valence-corrected chi connectivity index (χ0v) is 11.0. The Balaban J connectivity index is 2.21. The highest BCUT2D eigenvalue weighted by atomic mass is 35.5. The van der Waals surface area contributed by atoms with Gasteiger partial charge >= 0.3 is 0 Å². The SMILES string of the molecule is Cc1ccc(C(=O)N2CCOCC2CCl)cc1O. The lowest BCUT2D eigenvalue weighted by molar-refractivity contribution is 0.00454. The van der Waals surface area contributed by atoms with E-state index in [0.29, 0.717) is 31.2 Å². The van der Waals surface area contributed by atoms with E-state index in [9.17, 15) is 9.90 Å². The van der Waals surface area contributed by atoms with Crippen molar-refractivity contribution in [3.63, 3.8) is 0 Å². The number of carbonyl (C=O) groups is 1. The number of hydrogen-bond acceptors (Lipinski definition) is 3. The van der Waals surface area contributed by atoms with Gasteiger partial charge in [0.25, 0.3) is 5.91 Å². The zero-order chi connectivity index (χ0) is 13.1. The minimum Gasteiger partial charge on any atom is -0.508 e. The van der Waals surface area contributed by atoms with Crippen LogP contribution in [0.4, 0.5) is 0 Å². The number of benzene rings is 1. The van der Waals surface area contributed by atoms with E-state index in [4.69, 9.17) is 16.3 Å². The molecule has 0 aromatic heterocycles. The Bertz CT molecular complexity index is 450. The Morgan fingerprint density at radius 1 is 1.61 bits per heavy atom. The first-order valence-electron chi connectivity index (χ1n) is 5.87. The van der Waals surface area contributed by atoms with E-state index in [2.05, 4.69) is 0 Å². The molecule has 0 spiro atoms. The molecule has 1 amide bonds. The first kappa shape index (κ1) is 13.2. The summed E-state index contributed by atoms with van der Waals surface area (Å²) in [7, 11) is 0. The Labute approximate surface area is 111 Å². The van der Waals surface area contributed by atoms with Crippen LogP contribution in [0.25, 0.3) is 0 Å². The summed E-state index contributed by atoms with van der Waals surface area (Å²) in [6.45, 7) is 3.31. The molecule has 1 unspecified atom stereocenters. The zero-order valence-electron chi connectivity index (χ0n) is 10.2. The van der Waals surface area contributed by atoms with Crippen LogP contribution >= 0.6 is 11.6 Å². The summed E-state index contributed by atoms with van der Waals surface area (Å²) in [4.78, 5) is 14.0. The van der Waals surface area contributed by atoms with E-state index in [1.807, 2.05) is 0 Å². The number of nitrogens with zero attached hydrogens (tertiary/aromatic N) is 1. The highest BCUT2D eigenvalue weighted by Crippen LogP contribution is 2.20. The molecule has 1 aliphatic rings. The van der Waals surface area contributed by atoms with Crippen molar-refractivity contribution in [2.24, 2.45) is 0 Å². The number of ether oxygens (including phenoxy) is 1. The molecule has 0 saturated carbocycles. The first-order chi connectivity index (χ1) is 8.63. The molecular weight excluding hydrogens is 254 g/mol. The molecule has 5 heteroatoms. The molecule has 1 aliphatic heterocycles. The van der Waals surface area contributed by atoms with Crippen LogP contribution in [0.2, 0.25) is 0 Å². The Hall–Kier alpha value is -1.26. The summed E-state index contributed by atoms with van der Waals surface area (Å²) in [6.07, 6.45) is 0. The van der Waals surface area contributed by atoms with E-state index in [1.165, 1.54) is 6.07 Å². The molecular formula is C13H16ClNO3. The number of carbonyl (C=O) groups excluding carboxylic acids is 1. The van der Waals surface area contributed by atoms with Gasteiger partial charge in [0.1, 0.15) is 5.75 Å². The van der Waals surface area contributed by atoms with Crippen molar-refractivity contribution < 1.29 is 14.6 Å². The van der Waals surface area contributed by atoms with Crippen molar-refractivity contribution in [1.29, 1.82) is 0 Å². The summed E-state index contributed by atoms with van der Waals surface area (Å²) in [6, 6.07) is 4.85. The largest absolute Gasteiger partial charge is 0.508 e. The van der Waals surface area contributed by atoms with Crippen LogP contribution in [0.15, 0.2) is 18.2 Å². The van der Waals surface area contributed by atoms with Gasteiger partial charge in [0.2, 0.25) is 0 Å². The second-order valence-electron chi connectivity index (χ2n) is 4.38. The van der Waals surface area contributed by atoms with Gasteiger partial charge in [0, 0.05) is 18.0 Å². The third-order valence-electron chi connectivity index (χ3n) is 3.12. The molecule has 18 heavy (non-hydrogen) atoms. The molecule has 1 N–H and O–H groups in total. The van der Waals surface area contributed by atoms with Crippen molar-refractivity contribution in [3.8, 4) is 5.75 Å². The quantitative estimate of drug-likeness (QED) is 0.833. The molecule has 1 aromatic carbocycles. The fourth-order valence-electron chi connectivity index (χ4n) is 1.96. The van der Waals surface area contributed by atoms with Crippen LogP contribution in [-0.4, -0.2) is 47.6 Å². The normalized spacial score (nSPS) is 19.9. The molecule has 1 saturated heterocycles. The molecule has 1 heterocycles. The van der Waals surface area contributed by atoms with Gasteiger partial charge in [-0.25, -0.2) is 0 Å². The van der Waals surface area contributed by atoms with Gasteiger partial charge < -0.3 is 14.7 Å². The van der Waals surface area contributed by atoms with Crippen LogP contribution in [0, 0.1) is 6.92 Å². The van der Waals surface area contributed by atoms with E-state index in [1.54, 1.807) is 24.0 Å². The standard InChI is InChI=1S/C13H16ClNO3/c1-9-2-3-10(6-12(9)16)13(17)15-4-5-18-8-11(15)7-14/h2-3,6,11,16H,4-5,7-8H2,1H3. The van der Waals surface area contributed by atoms with Gasteiger partial charge in [-0.2, -0.15) is 0 Å². The molecule has 0 bridgehead atoms. The van der Waals surface area contributed by atoms with Crippen molar-refractivity contribution in [1.82, 2.24) is 4.90 Å². The van der Waals surface area contributed by atoms with Crippen LogP contribution in [0.5, 0.6) is 5.75 Å². The lowest BCUT2D eigenvalue weighted by Gasteiger charge is -2.34. The highest BCUT2D eigenvalue weighted by Gasteiger charge is 2.27. The monoisotopic (exact) mass is 269 g/mol. The Morgan fingerprint density at radius 3 is 3.06 bits per heavy atom. The molecule has 1 aromatic rings. The van der Waals surface area contributed by atoms with Gasteiger partial charge in [0.15, 0.2) is 0 Å². The van der Waals surface area contributed by atoms with E-state index in [-0.39, 0.29) is 17.7 Å². The van der Waals surface area contributed by atoms with Crippen molar-refractivity contribution >= 4 is 17.5 Å². The molecule has 0 aliphatic carbocycles. The predicted octanol–water partition coefficient (Wildman–Crippen LogP) is 1.78. The van der Waals surface area contributed by atoms with Crippen LogP contribution < -0.4 is 0 Å². The second-order valence-corrected chi connectivity index (χ2v) is 4.69. The summed E-state index contributed by atoms with van der Waals surface area (Å²) >= 11 is 5.84. The van der Waals surface area contributed by atoms with Crippen LogP contribution in [-0.2, 0) is 4.74 Å². The van der Waals surface area contributed by atoms with Gasteiger partial charge in [-0.3, -0.25) is 4.79 Å².